The highest BCUT2D eigenvalue weighted by molar-refractivity contribution is 5.97. The van der Waals surface area contributed by atoms with Crippen molar-refractivity contribution in [1.82, 2.24) is 5.32 Å². The van der Waals surface area contributed by atoms with E-state index in [0.29, 0.717) is 17.8 Å². The third kappa shape index (κ3) is 6.57. The van der Waals surface area contributed by atoms with Crippen molar-refractivity contribution in [2.45, 2.75) is 39.5 Å². The van der Waals surface area contributed by atoms with Gasteiger partial charge in [0.2, 0.25) is 11.8 Å². The lowest BCUT2D eigenvalue weighted by Gasteiger charge is -2.14. The molecule has 2 aromatic rings. The Morgan fingerprint density at radius 1 is 0.968 bits per heavy atom. The molecule has 1 aliphatic carbocycles. The molecule has 0 spiro atoms. The predicted molar refractivity (Wildman–Crippen MR) is 123 cm³/mol. The first kappa shape index (κ1) is 22.3. The number of amides is 3. The summed E-state index contributed by atoms with van der Waals surface area (Å²) in [6.45, 7) is 4.72. The van der Waals surface area contributed by atoms with Gasteiger partial charge in [-0.25, -0.2) is 0 Å². The van der Waals surface area contributed by atoms with E-state index in [0.717, 1.165) is 42.6 Å². The fraction of sp³-hybridized carbons (Fsp3) is 0.375. The second-order valence-electron chi connectivity index (χ2n) is 7.83. The van der Waals surface area contributed by atoms with Gasteiger partial charge in [0.05, 0.1) is 6.54 Å². The van der Waals surface area contributed by atoms with Crippen LogP contribution in [0.2, 0.25) is 0 Å². The molecule has 0 radical (unpaired) electrons. The Labute approximate surface area is 183 Å². The minimum atomic E-state index is -0.202. The molecule has 0 aromatic heterocycles. The number of nitrogens with one attached hydrogen (secondary N) is 4. The van der Waals surface area contributed by atoms with Crippen LogP contribution in [0.3, 0.4) is 0 Å². The molecule has 31 heavy (non-hydrogen) atoms. The molecule has 0 unspecified atom stereocenters. The van der Waals surface area contributed by atoms with Gasteiger partial charge in [-0.1, -0.05) is 19.4 Å². The van der Waals surface area contributed by atoms with Crippen LogP contribution in [0.5, 0.6) is 0 Å². The van der Waals surface area contributed by atoms with E-state index >= 15 is 0 Å². The molecule has 3 amide bonds. The maximum absolute atomic E-state index is 12.3. The fourth-order valence-corrected chi connectivity index (χ4v) is 3.11. The first-order valence-electron chi connectivity index (χ1n) is 10.8. The van der Waals surface area contributed by atoms with E-state index in [9.17, 15) is 14.4 Å². The number of benzene rings is 2. The quantitative estimate of drug-likeness (QED) is 0.436. The van der Waals surface area contributed by atoms with E-state index in [-0.39, 0.29) is 30.2 Å². The Kier molecular flexibility index (Phi) is 7.65. The molecule has 7 nitrogen and oxygen atoms in total. The first-order chi connectivity index (χ1) is 15.0. The van der Waals surface area contributed by atoms with Crippen LogP contribution >= 0.6 is 0 Å². The van der Waals surface area contributed by atoms with E-state index in [4.69, 9.17) is 0 Å². The van der Waals surface area contributed by atoms with Gasteiger partial charge < -0.3 is 21.3 Å². The second kappa shape index (κ2) is 10.6. The third-order valence-corrected chi connectivity index (χ3v) is 5.23. The fourth-order valence-electron chi connectivity index (χ4n) is 3.11. The lowest BCUT2D eigenvalue weighted by atomic mass is 10.1. The number of unbranched alkanes of at least 4 members (excludes halogenated alkanes) is 1. The Hall–Kier alpha value is -3.35. The smallest absolute Gasteiger partial charge is 0.251 e. The SMILES string of the molecule is CCCCNC(=O)c1ccc(NC(=O)CNc2cccc(NC(=O)C3CC3)c2C)cc1. The second-order valence-corrected chi connectivity index (χ2v) is 7.83. The summed E-state index contributed by atoms with van der Waals surface area (Å²) in [5.41, 5.74) is 3.63. The summed E-state index contributed by atoms with van der Waals surface area (Å²) in [5.74, 6) is -0.125. The highest BCUT2D eigenvalue weighted by atomic mass is 16.2. The molecule has 0 heterocycles. The van der Waals surface area contributed by atoms with Crippen molar-refractivity contribution in [2.24, 2.45) is 5.92 Å². The summed E-state index contributed by atoms with van der Waals surface area (Å²) in [6.07, 6.45) is 3.88. The van der Waals surface area contributed by atoms with E-state index in [2.05, 4.69) is 28.2 Å². The number of hydrogen-bond donors (Lipinski definition) is 4. The molecule has 0 saturated heterocycles. The summed E-state index contributed by atoms with van der Waals surface area (Å²) in [4.78, 5) is 36.4. The average molecular weight is 423 g/mol. The normalized spacial score (nSPS) is 12.7. The maximum Gasteiger partial charge on any atom is 0.251 e. The largest absolute Gasteiger partial charge is 0.376 e. The summed E-state index contributed by atoms with van der Waals surface area (Å²) in [6, 6.07) is 12.4. The summed E-state index contributed by atoms with van der Waals surface area (Å²) >= 11 is 0. The maximum atomic E-state index is 12.3. The van der Waals surface area contributed by atoms with Crippen molar-refractivity contribution in [1.29, 1.82) is 0 Å². The zero-order chi connectivity index (χ0) is 22.2. The Balaban J connectivity index is 1.50. The first-order valence-corrected chi connectivity index (χ1v) is 10.8. The molecule has 1 aliphatic rings. The van der Waals surface area contributed by atoms with Crippen molar-refractivity contribution in [3.63, 3.8) is 0 Å². The molecule has 0 bridgehead atoms. The van der Waals surface area contributed by atoms with E-state index in [1.807, 2.05) is 25.1 Å². The number of hydrogen-bond acceptors (Lipinski definition) is 4. The van der Waals surface area contributed by atoms with Crippen LogP contribution in [0, 0.1) is 12.8 Å². The number of rotatable bonds is 10. The molecule has 164 valence electrons. The topological polar surface area (TPSA) is 99.3 Å². The van der Waals surface area contributed by atoms with Crippen molar-refractivity contribution in [3.8, 4) is 0 Å². The monoisotopic (exact) mass is 422 g/mol. The molecule has 1 saturated carbocycles. The van der Waals surface area contributed by atoms with Crippen LogP contribution in [0.25, 0.3) is 0 Å². The van der Waals surface area contributed by atoms with E-state index in [1.165, 1.54) is 0 Å². The summed E-state index contributed by atoms with van der Waals surface area (Å²) in [7, 11) is 0. The Bertz CT molecular complexity index is 936. The molecular formula is C24H30N4O3. The van der Waals surface area contributed by atoms with Crippen molar-refractivity contribution >= 4 is 34.8 Å². The van der Waals surface area contributed by atoms with Crippen LogP contribution in [0.15, 0.2) is 42.5 Å². The van der Waals surface area contributed by atoms with Crippen molar-refractivity contribution in [2.75, 3.05) is 29.0 Å². The lowest BCUT2D eigenvalue weighted by Crippen LogP contribution is -2.24. The van der Waals surface area contributed by atoms with Crippen LogP contribution in [0.4, 0.5) is 17.1 Å². The van der Waals surface area contributed by atoms with Crippen LogP contribution in [-0.2, 0) is 9.59 Å². The van der Waals surface area contributed by atoms with Gasteiger partial charge in [0.25, 0.3) is 5.91 Å². The molecule has 1 fully saturated rings. The van der Waals surface area contributed by atoms with Gasteiger partial charge >= 0.3 is 0 Å². The highest BCUT2D eigenvalue weighted by Crippen LogP contribution is 2.31. The molecule has 4 N–H and O–H groups in total. The zero-order valence-corrected chi connectivity index (χ0v) is 18.1. The predicted octanol–water partition coefficient (Wildman–Crippen LogP) is 3.92. The van der Waals surface area contributed by atoms with Crippen LogP contribution in [-0.4, -0.2) is 30.8 Å². The summed E-state index contributed by atoms with van der Waals surface area (Å²) < 4.78 is 0. The van der Waals surface area contributed by atoms with Gasteiger partial charge in [-0.3, -0.25) is 14.4 Å². The number of carbonyl (C=O) groups excluding carboxylic acids is 3. The lowest BCUT2D eigenvalue weighted by molar-refractivity contribution is -0.117. The van der Waals surface area contributed by atoms with Crippen LogP contribution in [0.1, 0.15) is 48.5 Å². The molecular weight excluding hydrogens is 392 g/mol. The highest BCUT2D eigenvalue weighted by Gasteiger charge is 2.29. The Morgan fingerprint density at radius 3 is 2.35 bits per heavy atom. The molecule has 0 atom stereocenters. The molecule has 7 heteroatoms. The third-order valence-electron chi connectivity index (χ3n) is 5.23. The Morgan fingerprint density at radius 2 is 1.68 bits per heavy atom. The molecule has 3 rings (SSSR count). The van der Waals surface area contributed by atoms with Gasteiger partial charge in [-0.2, -0.15) is 0 Å². The molecule has 2 aromatic carbocycles. The standard InChI is InChI=1S/C24H30N4O3/c1-3-4-14-25-23(30)17-10-12-19(13-11-17)27-22(29)15-26-20-6-5-7-21(16(20)2)28-24(31)18-8-9-18/h5-7,10-13,18,26H,3-4,8-9,14-15H2,1-2H3,(H,25,30)(H,27,29)(H,28,31). The number of carbonyl (C=O) groups is 3. The zero-order valence-electron chi connectivity index (χ0n) is 18.1. The average Bonchev–Trinajstić information content (AvgIpc) is 3.60. The van der Waals surface area contributed by atoms with Gasteiger partial charge in [-0.05, 0) is 68.1 Å². The van der Waals surface area contributed by atoms with Crippen molar-refractivity contribution < 1.29 is 14.4 Å². The minimum Gasteiger partial charge on any atom is -0.376 e. The molecule has 0 aliphatic heterocycles. The van der Waals surface area contributed by atoms with Gasteiger partial charge in [0.15, 0.2) is 0 Å². The summed E-state index contributed by atoms with van der Waals surface area (Å²) in [5, 5.41) is 11.8. The van der Waals surface area contributed by atoms with Crippen LogP contribution < -0.4 is 21.3 Å². The van der Waals surface area contributed by atoms with Crippen molar-refractivity contribution in [3.05, 3.63) is 53.6 Å². The van der Waals surface area contributed by atoms with E-state index < -0.39 is 0 Å². The van der Waals surface area contributed by atoms with Gasteiger partial charge in [-0.15, -0.1) is 0 Å². The number of anilines is 3. The van der Waals surface area contributed by atoms with E-state index in [1.54, 1.807) is 24.3 Å². The van der Waals surface area contributed by atoms with Gasteiger partial charge in [0, 0.05) is 35.1 Å². The van der Waals surface area contributed by atoms with Gasteiger partial charge in [0.1, 0.15) is 0 Å². The minimum absolute atomic E-state index is 0.0560.